The Bertz CT molecular complexity index is 887. The van der Waals surface area contributed by atoms with Crippen molar-refractivity contribution in [3.05, 3.63) is 35.9 Å². The molecule has 0 bridgehead atoms. The predicted molar refractivity (Wildman–Crippen MR) is 136 cm³/mol. The summed E-state index contributed by atoms with van der Waals surface area (Å²) in [5, 5.41) is 2.46. The van der Waals surface area contributed by atoms with Gasteiger partial charge in [-0.2, -0.15) is 0 Å². The van der Waals surface area contributed by atoms with Crippen LogP contribution in [0.15, 0.2) is 30.3 Å². The van der Waals surface area contributed by atoms with Crippen molar-refractivity contribution >= 4 is 24.0 Å². The van der Waals surface area contributed by atoms with Gasteiger partial charge in [0.1, 0.15) is 18.8 Å². The van der Waals surface area contributed by atoms with Crippen LogP contribution in [-0.4, -0.2) is 48.4 Å². The van der Waals surface area contributed by atoms with E-state index in [0.29, 0.717) is 6.42 Å². The first-order chi connectivity index (χ1) is 17.6. The summed E-state index contributed by atoms with van der Waals surface area (Å²) >= 11 is 0. The van der Waals surface area contributed by atoms with Gasteiger partial charge in [-0.15, -0.1) is 0 Å². The van der Waals surface area contributed by atoms with E-state index in [0.717, 1.165) is 31.2 Å². The quantitative estimate of drug-likeness (QED) is 0.254. The van der Waals surface area contributed by atoms with E-state index in [1.807, 2.05) is 32.0 Å². The van der Waals surface area contributed by atoms with Gasteiger partial charge >= 0.3 is 24.0 Å². The van der Waals surface area contributed by atoms with Crippen LogP contribution in [-0.2, 0) is 39.9 Å². The molecule has 0 aromatic heterocycles. The Balaban J connectivity index is 2.18. The number of cyclic esters (lactones) is 2. The smallest absolute Gasteiger partial charge is 0.408 e. The molecule has 5 atom stereocenters. The number of rotatable bonds is 11. The lowest BCUT2D eigenvalue weighted by Gasteiger charge is -2.29. The van der Waals surface area contributed by atoms with Crippen LogP contribution in [0.3, 0.4) is 0 Å². The van der Waals surface area contributed by atoms with E-state index in [1.165, 1.54) is 6.92 Å². The number of nitrogens with one attached hydrogen (secondary N) is 1. The third kappa shape index (κ3) is 10.1. The second-order valence-electron chi connectivity index (χ2n) is 9.98. The first-order valence-electron chi connectivity index (χ1n) is 13.2. The van der Waals surface area contributed by atoms with Crippen molar-refractivity contribution in [1.29, 1.82) is 0 Å². The molecule has 1 aromatic rings. The maximum absolute atomic E-state index is 13.3. The molecule has 1 saturated heterocycles. The van der Waals surface area contributed by atoms with Gasteiger partial charge in [0.2, 0.25) is 0 Å². The number of alkyl carbamates (subject to hydrolysis) is 1. The summed E-state index contributed by atoms with van der Waals surface area (Å²) in [5.41, 5.74) is 0.778. The van der Waals surface area contributed by atoms with Crippen LogP contribution in [0.5, 0.6) is 0 Å². The summed E-state index contributed by atoms with van der Waals surface area (Å²) in [6, 6.07) is 7.79. The zero-order chi connectivity index (χ0) is 27.4. The summed E-state index contributed by atoms with van der Waals surface area (Å²) in [5.74, 6) is -2.61. The van der Waals surface area contributed by atoms with E-state index in [4.69, 9.17) is 18.9 Å². The Kier molecular flexibility index (Phi) is 12.4. The molecule has 0 unspecified atom stereocenters. The molecule has 1 heterocycles. The Morgan fingerprint density at radius 2 is 1.65 bits per heavy atom. The van der Waals surface area contributed by atoms with Gasteiger partial charge in [-0.05, 0) is 31.7 Å². The fraction of sp³-hybridized carbons (Fsp3) is 0.643. The Hall–Kier alpha value is -3.10. The molecule has 1 aromatic carbocycles. The molecule has 2 rings (SSSR count). The number of ether oxygens (including phenoxy) is 4. The lowest BCUT2D eigenvalue weighted by Crippen LogP contribution is -2.50. The van der Waals surface area contributed by atoms with Gasteiger partial charge in [-0.3, -0.25) is 9.59 Å². The molecule has 0 radical (unpaired) electrons. The molecule has 1 fully saturated rings. The molecule has 1 aliphatic rings. The van der Waals surface area contributed by atoms with Gasteiger partial charge in [-0.25, -0.2) is 9.59 Å². The zero-order valence-corrected chi connectivity index (χ0v) is 22.6. The van der Waals surface area contributed by atoms with E-state index in [-0.39, 0.29) is 18.9 Å². The van der Waals surface area contributed by atoms with Crippen LogP contribution in [0.2, 0.25) is 0 Å². The number of carbonyl (C=O) groups excluding carboxylic acids is 4. The van der Waals surface area contributed by atoms with Crippen LogP contribution in [0.4, 0.5) is 4.79 Å². The molecule has 37 heavy (non-hydrogen) atoms. The second kappa shape index (κ2) is 15.2. The molecule has 206 valence electrons. The summed E-state index contributed by atoms with van der Waals surface area (Å²) in [4.78, 5) is 51.3. The highest BCUT2D eigenvalue weighted by Gasteiger charge is 2.43. The Morgan fingerprint density at radius 1 is 0.973 bits per heavy atom. The average Bonchev–Trinajstić information content (AvgIpc) is 2.86. The topological polar surface area (TPSA) is 117 Å². The molecule has 0 aliphatic carbocycles. The van der Waals surface area contributed by atoms with E-state index < -0.39 is 54.3 Å². The Labute approximate surface area is 219 Å². The fourth-order valence-electron chi connectivity index (χ4n) is 4.17. The summed E-state index contributed by atoms with van der Waals surface area (Å²) in [6.45, 7) is 8.96. The first kappa shape index (κ1) is 30.1. The third-order valence-electron chi connectivity index (χ3n) is 6.19. The van der Waals surface area contributed by atoms with Crippen LogP contribution >= 0.6 is 0 Å². The lowest BCUT2D eigenvalue weighted by atomic mass is 9.92. The second-order valence-corrected chi connectivity index (χ2v) is 9.98. The minimum absolute atomic E-state index is 0.00667. The average molecular weight is 520 g/mol. The molecule has 9 nitrogen and oxygen atoms in total. The van der Waals surface area contributed by atoms with Crippen molar-refractivity contribution in [1.82, 2.24) is 5.32 Å². The SMILES string of the molecule is CCCCCC[C@H]1C(=O)O[C@H](C)[C@H](NC(=O)OCc2ccccc2)C(=O)O[C@@H](C)[C@@H]1OC(=O)CC(C)C. The standard InChI is InChI=1S/C28H41NO8/c1-6-7-8-12-15-22-25(37-23(30)16-18(2)3)20(5)36-27(32)24(19(4)35-26(22)31)29-28(33)34-17-21-13-10-9-11-14-21/h9-11,13-14,18-20,22,24-25H,6-8,12,15-17H2,1-5H3,(H,29,33)/t19-,20+,22-,24+,25+/m1/s1. The van der Waals surface area contributed by atoms with Crippen molar-refractivity contribution in [3.8, 4) is 0 Å². The number of esters is 3. The van der Waals surface area contributed by atoms with Crippen molar-refractivity contribution in [2.45, 2.75) is 104 Å². The van der Waals surface area contributed by atoms with Gasteiger partial charge < -0.3 is 24.3 Å². The van der Waals surface area contributed by atoms with E-state index in [9.17, 15) is 19.2 Å². The molecule has 0 spiro atoms. The largest absolute Gasteiger partial charge is 0.460 e. The van der Waals surface area contributed by atoms with Gasteiger partial charge in [0.15, 0.2) is 12.1 Å². The molecular formula is C28H41NO8. The zero-order valence-electron chi connectivity index (χ0n) is 22.6. The van der Waals surface area contributed by atoms with Gasteiger partial charge in [0.25, 0.3) is 0 Å². The Morgan fingerprint density at radius 3 is 2.30 bits per heavy atom. The maximum atomic E-state index is 13.3. The number of amides is 1. The molecule has 1 N–H and O–H groups in total. The number of unbranched alkanes of at least 4 members (excludes halogenated alkanes) is 3. The number of hydrogen-bond acceptors (Lipinski definition) is 8. The van der Waals surface area contributed by atoms with Crippen molar-refractivity contribution in [2.75, 3.05) is 0 Å². The molecule has 1 amide bonds. The normalized spacial score (nSPS) is 24.2. The van der Waals surface area contributed by atoms with Crippen LogP contribution in [0.25, 0.3) is 0 Å². The summed E-state index contributed by atoms with van der Waals surface area (Å²) in [6.07, 6.45) is 0.465. The highest BCUT2D eigenvalue weighted by Crippen LogP contribution is 2.27. The molecule has 9 heteroatoms. The molecule has 0 saturated carbocycles. The summed E-state index contributed by atoms with van der Waals surface area (Å²) < 4.78 is 22.2. The highest BCUT2D eigenvalue weighted by atomic mass is 16.6. The van der Waals surface area contributed by atoms with Gasteiger partial charge in [-0.1, -0.05) is 76.8 Å². The number of carbonyl (C=O) groups is 4. The molecule has 1 aliphatic heterocycles. The highest BCUT2D eigenvalue weighted by molar-refractivity contribution is 5.83. The lowest BCUT2D eigenvalue weighted by molar-refractivity contribution is -0.175. The van der Waals surface area contributed by atoms with Crippen LogP contribution in [0, 0.1) is 11.8 Å². The minimum atomic E-state index is -1.29. The number of hydrogen-bond donors (Lipinski definition) is 1. The molecular weight excluding hydrogens is 478 g/mol. The van der Waals surface area contributed by atoms with E-state index in [1.54, 1.807) is 19.1 Å². The van der Waals surface area contributed by atoms with E-state index in [2.05, 4.69) is 12.2 Å². The minimum Gasteiger partial charge on any atom is -0.460 e. The third-order valence-corrected chi connectivity index (χ3v) is 6.19. The monoisotopic (exact) mass is 519 g/mol. The summed E-state index contributed by atoms with van der Waals surface area (Å²) in [7, 11) is 0. The van der Waals surface area contributed by atoms with Crippen molar-refractivity contribution < 1.29 is 38.1 Å². The van der Waals surface area contributed by atoms with Crippen molar-refractivity contribution in [2.24, 2.45) is 11.8 Å². The first-order valence-corrected chi connectivity index (χ1v) is 13.2. The van der Waals surface area contributed by atoms with E-state index >= 15 is 0 Å². The van der Waals surface area contributed by atoms with Gasteiger partial charge in [0.05, 0.1) is 5.92 Å². The predicted octanol–water partition coefficient (Wildman–Crippen LogP) is 4.70. The van der Waals surface area contributed by atoms with Crippen molar-refractivity contribution in [3.63, 3.8) is 0 Å². The number of benzene rings is 1. The maximum Gasteiger partial charge on any atom is 0.408 e. The van der Waals surface area contributed by atoms with Gasteiger partial charge in [0, 0.05) is 6.42 Å². The van der Waals surface area contributed by atoms with Crippen LogP contribution in [0.1, 0.15) is 78.7 Å². The van der Waals surface area contributed by atoms with Crippen LogP contribution < -0.4 is 5.32 Å². The fourth-order valence-corrected chi connectivity index (χ4v) is 4.17.